The number of hydrogen-bond donors (Lipinski definition) is 3. The molecule has 0 saturated heterocycles. The van der Waals surface area contributed by atoms with Crippen molar-refractivity contribution in [2.24, 2.45) is 0 Å². The number of carbonyl (C=O) groups excluding carboxylic acids is 3. The number of benzene rings is 1. The van der Waals surface area contributed by atoms with Crippen LogP contribution in [0.15, 0.2) is 24.3 Å². The number of hydrogen-bond acceptors (Lipinski definition) is 4. The number of aryl methyl sites for hydroxylation is 1. The molecule has 0 unspecified atom stereocenters. The van der Waals surface area contributed by atoms with Crippen molar-refractivity contribution in [1.82, 2.24) is 10.3 Å². The largest absolute Gasteiger partial charge is 0.459 e. The summed E-state index contributed by atoms with van der Waals surface area (Å²) >= 11 is 0. The highest BCUT2D eigenvalue weighted by atomic mass is 16.5. The molecule has 3 rings (SSSR count). The molecule has 0 spiro atoms. The minimum Gasteiger partial charge on any atom is -0.459 e. The smallest absolute Gasteiger partial charge is 0.340 e. The third-order valence-corrected chi connectivity index (χ3v) is 4.54. The maximum Gasteiger partial charge on any atom is 0.340 e. The molecule has 1 aliphatic rings. The van der Waals surface area contributed by atoms with Crippen LogP contribution in [0.3, 0.4) is 0 Å². The van der Waals surface area contributed by atoms with Gasteiger partial charge in [0.05, 0.1) is 22.9 Å². The first kappa shape index (κ1) is 19.7. The summed E-state index contributed by atoms with van der Waals surface area (Å²) in [5.41, 5.74) is 2.53. The summed E-state index contributed by atoms with van der Waals surface area (Å²) in [6.07, 6.45) is 1.71. The first-order chi connectivity index (χ1) is 13.3. The molecule has 1 aliphatic carbocycles. The molecule has 28 heavy (non-hydrogen) atoms. The van der Waals surface area contributed by atoms with E-state index in [1.807, 2.05) is 0 Å². The number of aromatic nitrogens is 1. The number of carbonyl (C=O) groups is 3. The standard InChI is InChI=1S/C21H25N3O4/c1-11(2)28-21(27)17-12(3)18(22-13(17)4)20(26)24-16-8-6-5-7-15(16)19(25)23-14-9-10-14/h5-8,11,14,22H,9-10H2,1-4H3,(H,23,25)(H,24,26). The molecule has 3 N–H and O–H groups in total. The number of para-hydroxylation sites is 1. The van der Waals surface area contributed by atoms with Crippen molar-refractivity contribution in [3.05, 3.63) is 52.3 Å². The van der Waals surface area contributed by atoms with Gasteiger partial charge in [0, 0.05) is 11.7 Å². The zero-order chi connectivity index (χ0) is 20.4. The number of esters is 1. The molecule has 0 radical (unpaired) electrons. The highest BCUT2D eigenvalue weighted by molar-refractivity contribution is 6.10. The van der Waals surface area contributed by atoms with Gasteiger partial charge in [-0.05, 0) is 58.2 Å². The average Bonchev–Trinajstić information content (AvgIpc) is 3.37. The Morgan fingerprint density at radius 3 is 2.43 bits per heavy atom. The maximum absolute atomic E-state index is 12.8. The topological polar surface area (TPSA) is 100 Å². The van der Waals surface area contributed by atoms with Gasteiger partial charge in [0.15, 0.2) is 0 Å². The molecule has 7 nitrogen and oxygen atoms in total. The van der Waals surface area contributed by atoms with Gasteiger partial charge >= 0.3 is 5.97 Å². The van der Waals surface area contributed by atoms with Crippen LogP contribution >= 0.6 is 0 Å². The van der Waals surface area contributed by atoms with E-state index in [0.29, 0.717) is 28.1 Å². The van der Waals surface area contributed by atoms with E-state index < -0.39 is 11.9 Å². The number of rotatable bonds is 6. The Kier molecular flexibility index (Phi) is 5.53. The fourth-order valence-corrected chi connectivity index (χ4v) is 3.02. The van der Waals surface area contributed by atoms with Crippen LogP contribution in [0, 0.1) is 13.8 Å². The predicted molar refractivity (Wildman–Crippen MR) is 106 cm³/mol. The molecule has 1 saturated carbocycles. The van der Waals surface area contributed by atoms with Crippen LogP contribution < -0.4 is 10.6 Å². The van der Waals surface area contributed by atoms with Gasteiger partial charge in [0.25, 0.3) is 11.8 Å². The third-order valence-electron chi connectivity index (χ3n) is 4.54. The van der Waals surface area contributed by atoms with Crippen LogP contribution in [0.2, 0.25) is 0 Å². The zero-order valence-corrected chi connectivity index (χ0v) is 16.5. The Balaban J connectivity index is 1.82. The maximum atomic E-state index is 12.8. The van der Waals surface area contributed by atoms with E-state index in [2.05, 4.69) is 15.6 Å². The molecule has 1 fully saturated rings. The van der Waals surface area contributed by atoms with Gasteiger partial charge in [-0.25, -0.2) is 4.79 Å². The second-order valence-corrected chi connectivity index (χ2v) is 7.33. The van der Waals surface area contributed by atoms with Crippen molar-refractivity contribution in [3.8, 4) is 0 Å². The van der Waals surface area contributed by atoms with Crippen LogP contribution in [0.5, 0.6) is 0 Å². The minimum atomic E-state index is -0.468. The molecule has 2 amide bonds. The summed E-state index contributed by atoms with van der Waals surface area (Å²) in [5, 5.41) is 5.70. The molecular weight excluding hydrogens is 358 g/mol. The van der Waals surface area contributed by atoms with Gasteiger partial charge < -0.3 is 20.4 Å². The van der Waals surface area contributed by atoms with E-state index in [-0.39, 0.29) is 23.7 Å². The molecular formula is C21H25N3O4. The van der Waals surface area contributed by atoms with Crippen molar-refractivity contribution < 1.29 is 19.1 Å². The van der Waals surface area contributed by atoms with Crippen LogP contribution in [-0.2, 0) is 4.74 Å². The van der Waals surface area contributed by atoms with Gasteiger partial charge in [-0.15, -0.1) is 0 Å². The van der Waals surface area contributed by atoms with E-state index >= 15 is 0 Å². The summed E-state index contributed by atoms with van der Waals surface area (Å²) in [6.45, 7) is 6.96. The number of anilines is 1. The number of ether oxygens (including phenoxy) is 1. The zero-order valence-electron chi connectivity index (χ0n) is 16.5. The number of nitrogens with one attached hydrogen (secondary N) is 3. The van der Waals surface area contributed by atoms with Crippen LogP contribution in [0.25, 0.3) is 0 Å². The number of aromatic amines is 1. The predicted octanol–water partition coefficient (Wildman–Crippen LogP) is 3.34. The van der Waals surface area contributed by atoms with Crippen LogP contribution in [-0.4, -0.2) is 34.9 Å². The fourth-order valence-electron chi connectivity index (χ4n) is 3.02. The van der Waals surface area contributed by atoms with E-state index in [4.69, 9.17) is 4.74 Å². The highest BCUT2D eigenvalue weighted by Crippen LogP contribution is 2.24. The van der Waals surface area contributed by atoms with E-state index in [9.17, 15) is 14.4 Å². The number of H-pyrrole nitrogens is 1. The normalized spacial score (nSPS) is 13.3. The lowest BCUT2D eigenvalue weighted by molar-refractivity contribution is 0.0376. The van der Waals surface area contributed by atoms with Crippen LogP contribution in [0.1, 0.15) is 69.2 Å². The third kappa shape index (κ3) is 4.24. The molecule has 7 heteroatoms. The van der Waals surface area contributed by atoms with Crippen LogP contribution in [0.4, 0.5) is 5.69 Å². The van der Waals surface area contributed by atoms with Crippen molar-refractivity contribution in [2.45, 2.75) is 52.7 Å². The summed E-state index contributed by atoms with van der Waals surface area (Å²) in [7, 11) is 0. The first-order valence-electron chi connectivity index (χ1n) is 9.39. The molecule has 0 aliphatic heterocycles. The Bertz CT molecular complexity index is 926. The summed E-state index contributed by atoms with van der Waals surface area (Å²) in [4.78, 5) is 40.5. The van der Waals surface area contributed by atoms with Crippen molar-refractivity contribution >= 4 is 23.5 Å². The lowest BCUT2D eigenvalue weighted by atomic mass is 10.1. The average molecular weight is 383 g/mol. The summed E-state index contributed by atoms with van der Waals surface area (Å²) < 4.78 is 5.26. The van der Waals surface area contributed by atoms with E-state index in [0.717, 1.165) is 12.8 Å². The van der Waals surface area contributed by atoms with Crippen molar-refractivity contribution in [2.75, 3.05) is 5.32 Å². The molecule has 0 atom stereocenters. The number of amides is 2. The Labute approximate surface area is 163 Å². The molecule has 1 aromatic carbocycles. The van der Waals surface area contributed by atoms with Gasteiger partial charge in [-0.2, -0.15) is 0 Å². The highest BCUT2D eigenvalue weighted by Gasteiger charge is 2.26. The lowest BCUT2D eigenvalue weighted by Gasteiger charge is -2.11. The van der Waals surface area contributed by atoms with E-state index in [1.165, 1.54) is 0 Å². The quantitative estimate of drug-likeness (QED) is 0.666. The Morgan fingerprint density at radius 2 is 1.79 bits per heavy atom. The molecule has 0 bridgehead atoms. The van der Waals surface area contributed by atoms with Gasteiger partial charge in [-0.1, -0.05) is 12.1 Å². The van der Waals surface area contributed by atoms with Gasteiger partial charge in [-0.3, -0.25) is 9.59 Å². The minimum absolute atomic E-state index is 0.209. The van der Waals surface area contributed by atoms with E-state index in [1.54, 1.807) is 52.0 Å². The van der Waals surface area contributed by atoms with Crippen molar-refractivity contribution in [1.29, 1.82) is 0 Å². The molecule has 1 aromatic heterocycles. The van der Waals surface area contributed by atoms with Gasteiger partial charge in [0.2, 0.25) is 0 Å². The first-order valence-corrected chi connectivity index (χ1v) is 9.39. The monoisotopic (exact) mass is 383 g/mol. The fraction of sp³-hybridized carbons (Fsp3) is 0.381. The molecule has 2 aromatic rings. The molecule has 148 valence electrons. The Morgan fingerprint density at radius 1 is 1.11 bits per heavy atom. The lowest BCUT2D eigenvalue weighted by Crippen LogP contribution is -2.27. The Hall–Kier alpha value is -3.09. The van der Waals surface area contributed by atoms with Gasteiger partial charge in [0.1, 0.15) is 5.69 Å². The second kappa shape index (κ2) is 7.88. The van der Waals surface area contributed by atoms with Crippen molar-refractivity contribution in [3.63, 3.8) is 0 Å². The molecule has 1 heterocycles. The summed E-state index contributed by atoms with van der Waals surface area (Å²) in [5.74, 6) is -1.10. The SMILES string of the molecule is Cc1[nH]c(C(=O)Nc2ccccc2C(=O)NC2CC2)c(C)c1C(=O)OC(C)C. The summed E-state index contributed by atoms with van der Waals surface area (Å²) in [6, 6.07) is 7.08. The second-order valence-electron chi connectivity index (χ2n) is 7.33.